The first kappa shape index (κ1) is 40.3. The van der Waals surface area contributed by atoms with Gasteiger partial charge in [0.1, 0.15) is 11.4 Å². The molecular weight excluding hydrogens is 980 g/mol. The molecule has 0 saturated carbocycles. The second kappa shape index (κ2) is 15.9. The Morgan fingerprint density at radius 2 is 1.26 bits per heavy atom. The molecule has 12 rings (SSSR count). The Bertz CT molecular complexity index is 3750. The Labute approximate surface area is 390 Å². The van der Waals surface area contributed by atoms with E-state index < -0.39 is 0 Å². The molecule has 7 heteroatoms. The SMILES string of the molecule is CC(C)(C)c1ccnc(-n2c3[c-]c(Oc4[c-]c(-c5nc6ccccc6n5-c5ccccc5-c5ccccc5)c5oc6cc(-c7ccccc7)ccc6c5c4)ccc3c3ccccc32)c1.[Pt+2]. The van der Waals surface area contributed by atoms with Crippen LogP contribution in [0.1, 0.15) is 26.3 Å². The van der Waals surface area contributed by atoms with Crippen LogP contribution in [0.25, 0.3) is 99.9 Å². The number of ether oxygens (including phenoxy) is 1. The first-order valence-corrected chi connectivity index (χ1v) is 21.6. The number of benzene rings is 8. The van der Waals surface area contributed by atoms with Gasteiger partial charge in [-0.05, 0) is 75.5 Å². The molecule has 0 atom stereocenters. The van der Waals surface area contributed by atoms with Crippen molar-refractivity contribution in [1.29, 1.82) is 0 Å². The maximum Gasteiger partial charge on any atom is 2.00 e. The zero-order valence-electron chi connectivity index (χ0n) is 35.8. The molecule has 6 nitrogen and oxygen atoms in total. The van der Waals surface area contributed by atoms with Crippen molar-refractivity contribution in [3.8, 4) is 56.6 Å². The van der Waals surface area contributed by atoms with Crippen LogP contribution in [0.15, 0.2) is 193 Å². The smallest absolute Gasteiger partial charge is 0.503 e. The number of aromatic nitrogens is 4. The molecule has 314 valence electrons. The Morgan fingerprint density at radius 3 is 2.08 bits per heavy atom. The number of hydrogen-bond donors (Lipinski definition) is 0. The van der Waals surface area contributed by atoms with Gasteiger partial charge in [0, 0.05) is 39.8 Å². The first-order chi connectivity index (χ1) is 31.4. The summed E-state index contributed by atoms with van der Waals surface area (Å²) in [5.74, 6) is 2.58. The van der Waals surface area contributed by atoms with Crippen LogP contribution in [0, 0.1) is 12.1 Å². The van der Waals surface area contributed by atoms with Crippen molar-refractivity contribution in [3.05, 3.63) is 206 Å². The van der Waals surface area contributed by atoms with Gasteiger partial charge in [-0.25, -0.2) is 4.98 Å². The summed E-state index contributed by atoms with van der Waals surface area (Å²) in [7, 11) is 0. The number of imidazole rings is 1. The summed E-state index contributed by atoms with van der Waals surface area (Å²) in [5, 5.41) is 4.04. The van der Waals surface area contributed by atoms with Gasteiger partial charge in [0.15, 0.2) is 0 Å². The van der Waals surface area contributed by atoms with E-state index >= 15 is 0 Å². The van der Waals surface area contributed by atoms with Gasteiger partial charge < -0.3 is 18.3 Å². The Hall–Kier alpha value is -7.53. The topological polar surface area (TPSA) is 58.0 Å². The molecule has 12 aromatic rings. The molecular formula is C58H40N4O2Pt. The predicted molar refractivity (Wildman–Crippen MR) is 260 cm³/mol. The van der Waals surface area contributed by atoms with Crippen molar-refractivity contribution in [1.82, 2.24) is 19.1 Å². The third-order valence-corrected chi connectivity index (χ3v) is 12.2. The summed E-state index contributed by atoms with van der Waals surface area (Å²) in [5.41, 5.74) is 12.4. The van der Waals surface area contributed by atoms with Gasteiger partial charge in [0.25, 0.3) is 0 Å². The van der Waals surface area contributed by atoms with Crippen LogP contribution in [-0.4, -0.2) is 19.1 Å². The van der Waals surface area contributed by atoms with E-state index in [0.29, 0.717) is 28.5 Å². The summed E-state index contributed by atoms with van der Waals surface area (Å²) < 4.78 is 18.3. The molecule has 0 fully saturated rings. The summed E-state index contributed by atoms with van der Waals surface area (Å²) in [6.07, 6.45) is 1.90. The number of rotatable bonds is 7. The van der Waals surface area contributed by atoms with Crippen molar-refractivity contribution in [2.75, 3.05) is 0 Å². The van der Waals surface area contributed by atoms with Crippen LogP contribution in [0.3, 0.4) is 0 Å². The molecule has 0 spiro atoms. The van der Waals surface area contributed by atoms with E-state index in [2.05, 4.69) is 194 Å². The average Bonchev–Trinajstić information content (AvgIpc) is 4.01. The molecule has 0 bridgehead atoms. The first-order valence-electron chi connectivity index (χ1n) is 21.6. The fourth-order valence-electron chi connectivity index (χ4n) is 9.08. The van der Waals surface area contributed by atoms with Crippen molar-refractivity contribution in [2.45, 2.75) is 26.2 Å². The van der Waals surface area contributed by atoms with E-state index in [4.69, 9.17) is 19.1 Å². The minimum Gasteiger partial charge on any atom is -0.503 e. The number of fused-ring (bicyclic) bond motifs is 7. The fourth-order valence-corrected chi connectivity index (χ4v) is 9.08. The van der Waals surface area contributed by atoms with Crippen molar-refractivity contribution in [3.63, 3.8) is 0 Å². The van der Waals surface area contributed by atoms with Crippen molar-refractivity contribution >= 4 is 54.8 Å². The third kappa shape index (κ3) is 6.93. The zero-order chi connectivity index (χ0) is 42.9. The van der Waals surface area contributed by atoms with E-state index in [9.17, 15) is 0 Å². The summed E-state index contributed by atoms with van der Waals surface area (Å²) >= 11 is 0. The van der Waals surface area contributed by atoms with Crippen LogP contribution in [0.2, 0.25) is 0 Å². The molecule has 0 amide bonds. The van der Waals surface area contributed by atoms with E-state index in [0.717, 1.165) is 83.0 Å². The second-order valence-corrected chi connectivity index (χ2v) is 17.3. The van der Waals surface area contributed by atoms with Crippen molar-refractivity contribution in [2.24, 2.45) is 0 Å². The van der Waals surface area contributed by atoms with Crippen LogP contribution >= 0.6 is 0 Å². The normalized spacial score (nSPS) is 11.8. The largest absolute Gasteiger partial charge is 2.00 e. The average molecular weight is 1020 g/mol. The molecule has 4 heterocycles. The van der Waals surface area contributed by atoms with E-state index in [1.165, 1.54) is 5.56 Å². The second-order valence-electron chi connectivity index (χ2n) is 17.3. The molecule has 4 aromatic heterocycles. The number of pyridine rings is 1. The van der Waals surface area contributed by atoms with Crippen LogP contribution in [-0.2, 0) is 26.5 Å². The maximum atomic E-state index is 6.94. The Balaban J connectivity index is 0.00000469. The van der Waals surface area contributed by atoms with Crippen LogP contribution in [0.4, 0.5) is 0 Å². The minimum atomic E-state index is -0.0504. The van der Waals surface area contributed by atoms with Gasteiger partial charge in [-0.3, -0.25) is 4.98 Å². The van der Waals surface area contributed by atoms with Gasteiger partial charge in [0.2, 0.25) is 0 Å². The molecule has 0 aliphatic heterocycles. The monoisotopic (exact) mass is 1020 g/mol. The zero-order valence-corrected chi connectivity index (χ0v) is 38.1. The number of hydrogen-bond acceptors (Lipinski definition) is 4. The van der Waals surface area contributed by atoms with Gasteiger partial charge in [-0.2, -0.15) is 6.07 Å². The fraction of sp³-hybridized carbons (Fsp3) is 0.0690. The standard InChI is InChI=1S/C58H40N4O2.Pt/c1-58(2,3)40-30-31-59-55(33-40)61-51-24-14-11-21-44(51)45-29-27-41(36-53(45)61)63-42-34-47-46-28-26-39(37-16-6-4-7-17-37)32-54(46)64-56(47)48(35-42)57-60-49-22-12-15-25-52(49)62(57)50-23-13-10-20-43(50)38-18-8-5-9-19-38;/h4-34H,1-3H3;/q-2;+2. The number of nitrogens with zero attached hydrogens (tertiary/aromatic N) is 4. The summed E-state index contributed by atoms with van der Waals surface area (Å²) in [6.45, 7) is 6.67. The number of furan rings is 1. The summed E-state index contributed by atoms with van der Waals surface area (Å²) in [6, 6.07) is 70.2. The molecule has 8 aromatic carbocycles. The van der Waals surface area contributed by atoms with E-state index in [-0.39, 0.29) is 26.5 Å². The molecule has 0 unspecified atom stereocenters. The molecule has 0 radical (unpaired) electrons. The minimum absolute atomic E-state index is 0. The number of para-hydroxylation sites is 4. The summed E-state index contributed by atoms with van der Waals surface area (Å²) in [4.78, 5) is 10.3. The molecule has 0 aliphatic carbocycles. The van der Waals surface area contributed by atoms with E-state index in [1.54, 1.807) is 0 Å². The predicted octanol–water partition coefficient (Wildman–Crippen LogP) is 15.1. The quantitative estimate of drug-likeness (QED) is 0.149. The molecule has 0 N–H and O–H groups in total. The van der Waals surface area contributed by atoms with Crippen molar-refractivity contribution < 1.29 is 30.2 Å². The maximum absolute atomic E-state index is 6.94. The van der Waals surface area contributed by atoms with Crippen LogP contribution < -0.4 is 4.74 Å². The molecule has 65 heavy (non-hydrogen) atoms. The van der Waals surface area contributed by atoms with Crippen LogP contribution in [0.5, 0.6) is 11.5 Å². The van der Waals surface area contributed by atoms with Gasteiger partial charge in [-0.1, -0.05) is 171 Å². The van der Waals surface area contributed by atoms with Gasteiger partial charge in [0.05, 0.1) is 22.4 Å². The molecule has 0 saturated heterocycles. The molecule has 0 aliphatic rings. The van der Waals surface area contributed by atoms with Gasteiger partial charge in [-0.15, -0.1) is 17.5 Å². The van der Waals surface area contributed by atoms with Gasteiger partial charge >= 0.3 is 21.1 Å². The Kier molecular flexibility index (Phi) is 9.86. The van der Waals surface area contributed by atoms with E-state index in [1.807, 2.05) is 36.5 Å². The Morgan fingerprint density at radius 1 is 0.554 bits per heavy atom. The third-order valence-electron chi connectivity index (χ3n) is 12.2.